The van der Waals surface area contributed by atoms with Gasteiger partial charge in [0.1, 0.15) is 30.3 Å². The second kappa shape index (κ2) is 8.75. The van der Waals surface area contributed by atoms with Crippen molar-refractivity contribution in [3.63, 3.8) is 0 Å². The van der Waals surface area contributed by atoms with E-state index in [4.69, 9.17) is 10.7 Å². The standard InChI is InChI=1S/C26H25FN10O/c27-19-4-2-1-3-18(19)20-7-8-35(14-30-20)22-12-32-37-23(28)11-21(33-25(22)37)15-9-16-5-6-17(10-15)36(16)26(38)24-29-13-31-34-24/h1-4,7-8,11-13,15-17H,5-6,9-10,14,28H2,(H,29,31,34)/t15?,16-,17+. The molecule has 2 bridgehead atoms. The van der Waals surface area contributed by atoms with Crippen molar-refractivity contribution >= 4 is 28.8 Å². The molecule has 3 N–H and O–H groups in total. The van der Waals surface area contributed by atoms with Gasteiger partial charge in [-0.2, -0.15) is 14.7 Å². The zero-order chi connectivity index (χ0) is 25.8. The number of H-pyrrole nitrogens is 1. The Balaban J connectivity index is 1.15. The van der Waals surface area contributed by atoms with Crippen molar-refractivity contribution in [1.29, 1.82) is 0 Å². The Kier molecular flexibility index (Phi) is 5.20. The number of amides is 1. The van der Waals surface area contributed by atoms with Crippen LogP contribution in [0.4, 0.5) is 15.9 Å². The number of allylic oxidation sites excluding steroid dienone is 1. The number of carbonyl (C=O) groups is 1. The van der Waals surface area contributed by atoms with Crippen molar-refractivity contribution in [1.82, 2.24) is 34.7 Å². The Morgan fingerprint density at radius 2 is 1.97 bits per heavy atom. The maximum atomic E-state index is 14.2. The predicted molar refractivity (Wildman–Crippen MR) is 138 cm³/mol. The molecule has 1 aromatic carbocycles. The molecule has 1 unspecified atom stereocenters. The van der Waals surface area contributed by atoms with Gasteiger partial charge in [-0.15, -0.1) is 0 Å². The minimum atomic E-state index is -0.304. The second-order valence-electron chi connectivity index (χ2n) is 9.92. The second-order valence-corrected chi connectivity index (χ2v) is 9.92. The van der Waals surface area contributed by atoms with E-state index in [0.29, 0.717) is 29.4 Å². The maximum absolute atomic E-state index is 14.2. The number of nitrogens with one attached hydrogen (secondary N) is 1. The number of aliphatic imine (C=N–C) groups is 1. The lowest BCUT2D eigenvalue weighted by molar-refractivity contribution is 0.0557. The first-order valence-electron chi connectivity index (χ1n) is 12.6. The van der Waals surface area contributed by atoms with Gasteiger partial charge in [0.2, 0.25) is 5.82 Å². The van der Waals surface area contributed by atoms with Gasteiger partial charge in [0.05, 0.1) is 11.9 Å². The normalized spacial score (nSPS) is 22.8. The van der Waals surface area contributed by atoms with E-state index in [1.807, 2.05) is 22.1 Å². The minimum absolute atomic E-state index is 0.0957. The van der Waals surface area contributed by atoms with E-state index in [2.05, 4.69) is 25.3 Å². The van der Waals surface area contributed by atoms with Crippen LogP contribution in [0.1, 0.15) is 53.5 Å². The summed E-state index contributed by atoms with van der Waals surface area (Å²) in [7, 11) is 0. The Hall–Kier alpha value is -4.61. The van der Waals surface area contributed by atoms with E-state index in [0.717, 1.165) is 37.1 Å². The third-order valence-electron chi connectivity index (χ3n) is 7.77. The topological polar surface area (TPSA) is 134 Å². The molecule has 3 aliphatic rings. The predicted octanol–water partition coefficient (Wildman–Crippen LogP) is 2.90. The third kappa shape index (κ3) is 3.63. The quantitative estimate of drug-likeness (QED) is 0.429. The maximum Gasteiger partial charge on any atom is 0.291 e. The molecule has 11 nitrogen and oxygen atoms in total. The summed E-state index contributed by atoms with van der Waals surface area (Å²) < 4.78 is 15.8. The smallest absolute Gasteiger partial charge is 0.291 e. The van der Waals surface area contributed by atoms with Crippen LogP contribution in [-0.4, -0.2) is 65.1 Å². The Labute approximate surface area is 216 Å². The van der Waals surface area contributed by atoms with Gasteiger partial charge in [-0.25, -0.2) is 14.4 Å². The molecule has 0 saturated carbocycles. The molecule has 6 heterocycles. The van der Waals surface area contributed by atoms with Crippen LogP contribution in [0.25, 0.3) is 5.65 Å². The molecule has 38 heavy (non-hydrogen) atoms. The Morgan fingerprint density at radius 1 is 1.16 bits per heavy atom. The summed E-state index contributed by atoms with van der Waals surface area (Å²) in [6, 6.07) is 8.74. The largest absolute Gasteiger partial charge is 0.384 e. The number of nitrogens with zero attached hydrogens (tertiary/aromatic N) is 8. The highest BCUT2D eigenvalue weighted by atomic mass is 19.1. The monoisotopic (exact) mass is 512 g/mol. The van der Waals surface area contributed by atoms with Gasteiger partial charge in [0, 0.05) is 41.5 Å². The van der Waals surface area contributed by atoms with Gasteiger partial charge in [0.25, 0.3) is 5.91 Å². The number of carbonyl (C=O) groups excluding carboxylic acids is 1. The van der Waals surface area contributed by atoms with Crippen LogP contribution in [-0.2, 0) is 0 Å². The highest BCUT2D eigenvalue weighted by Gasteiger charge is 2.45. The van der Waals surface area contributed by atoms with E-state index >= 15 is 0 Å². The summed E-state index contributed by atoms with van der Waals surface area (Å²) in [5.74, 6) is 0.552. The lowest BCUT2D eigenvalue weighted by Gasteiger charge is -2.38. The van der Waals surface area contributed by atoms with E-state index in [1.54, 1.807) is 35.0 Å². The van der Waals surface area contributed by atoms with Crippen LogP contribution in [0.3, 0.4) is 0 Å². The molecule has 4 aromatic rings. The summed E-state index contributed by atoms with van der Waals surface area (Å²) in [4.78, 5) is 30.5. The fraction of sp³-hybridized carbons (Fsp3) is 0.308. The number of piperidine rings is 1. The number of benzene rings is 1. The van der Waals surface area contributed by atoms with Gasteiger partial charge in [-0.1, -0.05) is 12.1 Å². The van der Waals surface area contributed by atoms with Gasteiger partial charge >= 0.3 is 0 Å². The number of hydrogen-bond donors (Lipinski definition) is 2. The average molecular weight is 513 g/mol. The number of hydrogen-bond acceptors (Lipinski definition) is 8. The van der Waals surface area contributed by atoms with E-state index in [1.165, 1.54) is 12.4 Å². The van der Waals surface area contributed by atoms with Gasteiger partial charge in [0.15, 0.2) is 5.65 Å². The number of nitrogens with two attached hydrogens (primary N) is 1. The van der Waals surface area contributed by atoms with Crippen molar-refractivity contribution in [2.24, 2.45) is 4.99 Å². The molecule has 3 aromatic heterocycles. The molecule has 2 fully saturated rings. The lowest BCUT2D eigenvalue weighted by atomic mass is 9.87. The van der Waals surface area contributed by atoms with Crippen molar-refractivity contribution in [3.05, 3.63) is 78.0 Å². The van der Waals surface area contributed by atoms with Crippen LogP contribution >= 0.6 is 0 Å². The molecule has 7 rings (SSSR count). The van der Waals surface area contributed by atoms with Crippen molar-refractivity contribution in [2.75, 3.05) is 17.3 Å². The van der Waals surface area contributed by atoms with E-state index in [9.17, 15) is 9.18 Å². The Bertz CT molecular complexity index is 1580. The fourth-order valence-corrected chi connectivity index (χ4v) is 6.00. The summed E-state index contributed by atoms with van der Waals surface area (Å²) in [5, 5.41) is 11.0. The minimum Gasteiger partial charge on any atom is -0.384 e. The molecule has 1 amide bonds. The number of aromatic amines is 1. The van der Waals surface area contributed by atoms with Crippen LogP contribution < -0.4 is 10.6 Å². The lowest BCUT2D eigenvalue weighted by Crippen LogP contribution is -2.46. The first-order valence-corrected chi connectivity index (χ1v) is 12.6. The number of aromatic nitrogens is 6. The molecular formula is C26H25FN10O. The molecule has 3 aliphatic heterocycles. The zero-order valence-corrected chi connectivity index (χ0v) is 20.4. The van der Waals surface area contributed by atoms with Crippen LogP contribution in [0.5, 0.6) is 0 Å². The highest BCUT2D eigenvalue weighted by Crippen LogP contribution is 2.43. The summed E-state index contributed by atoms with van der Waals surface area (Å²) >= 11 is 0. The number of halogens is 1. The third-order valence-corrected chi connectivity index (χ3v) is 7.77. The number of rotatable bonds is 4. The fourth-order valence-electron chi connectivity index (χ4n) is 6.00. The van der Waals surface area contributed by atoms with E-state index in [-0.39, 0.29) is 35.6 Å². The average Bonchev–Trinajstić information content (AvgIpc) is 3.67. The summed E-state index contributed by atoms with van der Waals surface area (Å²) in [6.45, 7) is 0.305. The van der Waals surface area contributed by atoms with Crippen molar-refractivity contribution in [2.45, 2.75) is 43.7 Å². The Morgan fingerprint density at radius 3 is 2.68 bits per heavy atom. The van der Waals surface area contributed by atoms with Gasteiger partial charge in [-0.3, -0.25) is 14.9 Å². The number of nitrogen functional groups attached to an aromatic ring is 1. The van der Waals surface area contributed by atoms with Crippen LogP contribution in [0.2, 0.25) is 0 Å². The number of anilines is 2. The molecule has 0 radical (unpaired) electrons. The molecular weight excluding hydrogens is 487 g/mol. The van der Waals surface area contributed by atoms with Gasteiger partial charge in [-0.05, 0) is 43.9 Å². The SMILES string of the molecule is Nc1cc(C2C[C@H]3CC[C@@H](C2)N3C(=O)c2ncn[nH]2)nc2c(N3C=CC(c4ccccc4F)=NC3)cnn12. The molecule has 0 spiro atoms. The molecule has 0 aliphatic carbocycles. The number of fused-ring (bicyclic) bond motifs is 3. The zero-order valence-electron chi connectivity index (χ0n) is 20.4. The van der Waals surface area contributed by atoms with Crippen LogP contribution in [0, 0.1) is 5.82 Å². The molecule has 12 heteroatoms. The van der Waals surface area contributed by atoms with Crippen molar-refractivity contribution < 1.29 is 9.18 Å². The molecule has 3 atom stereocenters. The summed E-state index contributed by atoms with van der Waals surface area (Å²) in [6.07, 6.45) is 10.3. The molecule has 192 valence electrons. The first kappa shape index (κ1) is 22.6. The highest BCUT2D eigenvalue weighted by molar-refractivity contribution is 6.09. The van der Waals surface area contributed by atoms with Crippen molar-refractivity contribution in [3.8, 4) is 0 Å². The molecule has 2 saturated heterocycles. The van der Waals surface area contributed by atoms with E-state index < -0.39 is 0 Å². The van der Waals surface area contributed by atoms with Gasteiger partial charge < -0.3 is 15.5 Å². The first-order chi connectivity index (χ1) is 18.6. The van der Waals surface area contributed by atoms with Crippen LogP contribution in [0.15, 0.2) is 60.1 Å². The summed E-state index contributed by atoms with van der Waals surface area (Å²) in [5.41, 5.74) is 9.78.